The number of carbonyl (C=O) groups excluding carboxylic acids is 1. The molecular weight excluding hydrogens is 318 g/mol. The second-order valence-corrected chi connectivity index (χ2v) is 7.47. The van der Waals surface area contributed by atoms with Gasteiger partial charge in [0.1, 0.15) is 0 Å². The predicted octanol–water partition coefficient (Wildman–Crippen LogP) is 2.30. The molecule has 4 rings (SSSR count). The van der Waals surface area contributed by atoms with Crippen molar-refractivity contribution in [3.05, 3.63) is 30.1 Å². The summed E-state index contributed by atoms with van der Waals surface area (Å²) >= 11 is 0. The number of ether oxygens (including phenoxy) is 2. The summed E-state index contributed by atoms with van der Waals surface area (Å²) in [6, 6.07) is 6.06. The third-order valence-corrected chi connectivity index (χ3v) is 5.78. The number of hydrogen-bond donors (Lipinski definition) is 0. The van der Waals surface area contributed by atoms with Crippen LogP contribution in [0.2, 0.25) is 0 Å². The number of hydrogen-bond acceptors (Lipinski definition) is 4. The lowest BCUT2D eigenvalue weighted by molar-refractivity contribution is -0.0601. The van der Waals surface area contributed by atoms with Crippen LogP contribution < -0.4 is 0 Å². The van der Waals surface area contributed by atoms with Crippen LogP contribution in [-0.4, -0.2) is 66.3 Å². The van der Waals surface area contributed by atoms with Gasteiger partial charge in [-0.1, -0.05) is 6.07 Å². The van der Waals surface area contributed by atoms with E-state index in [-0.39, 0.29) is 17.6 Å². The summed E-state index contributed by atoms with van der Waals surface area (Å²) in [4.78, 5) is 21.1. The van der Waals surface area contributed by atoms with Crippen molar-refractivity contribution in [2.45, 2.75) is 38.4 Å². The van der Waals surface area contributed by atoms with Crippen LogP contribution in [0.1, 0.15) is 31.4 Å². The summed E-state index contributed by atoms with van der Waals surface area (Å²) in [6.45, 7) is 5.24. The second kappa shape index (κ2) is 7.30. The van der Waals surface area contributed by atoms with E-state index in [0.29, 0.717) is 13.2 Å². The van der Waals surface area contributed by atoms with E-state index in [4.69, 9.17) is 9.47 Å². The van der Waals surface area contributed by atoms with E-state index in [1.54, 1.807) is 6.20 Å². The van der Waals surface area contributed by atoms with E-state index in [2.05, 4.69) is 4.98 Å². The van der Waals surface area contributed by atoms with Crippen LogP contribution in [0.5, 0.6) is 0 Å². The fourth-order valence-corrected chi connectivity index (χ4v) is 4.37. The highest BCUT2D eigenvalue weighted by Gasteiger charge is 2.49. The Balaban J connectivity index is 1.39. The fourth-order valence-electron chi connectivity index (χ4n) is 4.37. The number of amides is 2. The van der Waals surface area contributed by atoms with Crippen molar-refractivity contribution < 1.29 is 14.3 Å². The minimum Gasteiger partial charge on any atom is -0.377 e. The average Bonchev–Trinajstić information content (AvgIpc) is 3.31. The molecule has 0 N–H and O–H groups in total. The highest BCUT2D eigenvalue weighted by atomic mass is 16.5. The number of aromatic nitrogens is 1. The molecule has 1 aromatic heterocycles. The van der Waals surface area contributed by atoms with Crippen LogP contribution in [-0.2, 0) is 16.1 Å². The van der Waals surface area contributed by atoms with Crippen molar-refractivity contribution >= 4 is 6.03 Å². The SMILES string of the molecule is O=C(N1CCCC1)N1CC[C@H]2OCC[C@@]2(COCc2ccccn2)C1. The van der Waals surface area contributed by atoms with Crippen molar-refractivity contribution in [2.75, 3.05) is 39.4 Å². The minimum atomic E-state index is -0.0670. The summed E-state index contributed by atoms with van der Waals surface area (Å²) in [5, 5.41) is 0. The van der Waals surface area contributed by atoms with E-state index in [9.17, 15) is 4.79 Å². The van der Waals surface area contributed by atoms with E-state index in [1.807, 2.05) is 28.0 Å². The van der Waals surface area contributed by atoms with Crippen LogP contribution in [0, 0.1) is 5.41 Å². The lowest BCUT2D eigenvalue weighted by Crippen LogP contribution is -2.56. The maximum absolute atomic E-state index is 12.8. The Morgan fingerprint density at radius 2 is 2.16 bits per heavy atom. The number of likely N-dealkylation sites (tertiary alicyclic amines) is 2. The van der Waals surface area contributed by atoms with Crippen molar-refractivity contribution in [3.63, 3.8) is 0 Å². The molecule has 3 fully saturated rings. The third kappa shape index (κ3) is 3.51. The molecule has 3 aliphatic heterocycles. The normalized spacial score (nSPS) is 29.0. The van der Waals surface area contributed by atoms with Gasteiger partial charge in [0.05, 0.1) is 25.0 Å². The standard InChI is InChI=1S/C19H27N3O3/c23-18(21-9-3-4-10-21)22-11-6-17-19(14-22,7-12-25-17)15-24-13-16-5-1-2-8-20-16/h1-2,5,8,17H,3-4,6-7,9-15H2/t17-,19+/m1/s1. The monoisotopic (exact) mass is 345 g/mol. The summed E-state index contributed by atoms with van der Waals surface area (Å²) < 4.78 is 12.0. The number of nitrogens with zero attached hydrogens (tertiary/aromatic N) is 3. The topological polar surface area (TPSA) is 54.9 Å². The molecule has 0 aliphatic carbocycles. The zero-order valence-electron chi connectivity index (χ0n) is 14.7. The summed E-state index contributed by atoms with van der Waals surface area (Å²) in [5.41, 5.74) is 0.873. The van der Waals surface area contributed by atoms with Crippen LogP contribution in [0.15, 0.2) is 24.4 Å². The third-order valence-electron chi connectivity index (χ3n) is 5.78. The molecule has 6 heteroatoms. The number of urea groups is 1. The van der Waals surface area contributed by atoms with Gasteiger partial charge in [0.2, 0.25) is 0 Å². The van der Waals surface area contributed by atoms with Crippen LogP contribution in [0.25, 0.3) is 0 Å². The molecule has 0 radical (unpaired) electrons. The van der Waals surface area contributed by atoms with Gasteiger partial charge in [-0.25, -0.2) is 4.79 Å². The van der Waals surface area contributed by atoms with E-state index < -0.39 is 0 Å². The largest absolute Gasteiger partial charge is 0.377 e. The molecule has 2 amide bonds. The molecule has 0 saturated carbocycles. The Bertz CT molecular complexity index is 591. The van der Waals surface area contributed by atoms with Gasteiger partial charge in [0.25, 0.3) is 0 Å². The molecule has 4 heterocycles. The van der Waals surface area contributed by atoms with Crippen molar-refractivity contribution in [1.29, 1.82) is 0 Å². The van der Waals surface area contributed by atoms with Crippen molar-refractivity contribution in [1.82, 2.24) is 14.8 Å². The summed E-state index contributed by atoms with van der Waals surface area (Å²) in [7, 11) is 0. The van der Waals surface area contributed by atoms with Gasteiger partial charge < -0.3 is 19.3 Å². The summed E-state index contributed by atoms with van der Waals surface area (Å²) in [6.07, 6.45) is 6.12. The number of rotatable bonds is 4. The molecule has 6 nitrogen and oxygen atoms in total. The number of carbonyl (C=O) groups is 1. The van der Waals surface area contributed by atoms with E-state index >= 15 is 0 Å². The van der Waals surface area contributed by atoms with Gasteiger partial charge in [0, 0.05) is 44.4 Å². The van der Waals surface area contributed by atoms with E-state index in [1.165, 1.54) is 0 Å². The van der Waals surface area contributed by atoms with Crippen molar-refractivity contribution in [2.24, 2.45) is 5.41 Å². The first-order chi connectivity index (χ1) is 12.3. The molecule has 0 spiro atoms. The Labute approximate surface area is 149 Å². The van der Waals surface area contributed by atoms with Gasteiger partial charge >= 0.3 is 6.03 Å². The molecule has 3 aliphatic rings. The Kier molecular flexibility index (Phi) is 4.90. The van der Waals surface area contributed by atoms with Crippen LogP contribution in [0.4, 0.5) is 4.79 Å². The highest BCUT2D eigenvalue weighted by molar-refractivity contribution is 5.75. The maximum atomic E-state index is 12.8. The number of piperidine rings is 1. The minimum absolute atomic E-state index is 0.0670. The molecule has 136 valence electrons. The Hall–Kier alpha value is -1.66. The number of pyridine rings is 1. The summed E-state index contributed by atoms with van der Waals surface area (Å²) in [5.74, 6) is 0. The smallest absolute Gasteiger partial charge is 0.320 e. The molecule has 0 aromatic carbocycles. The van der Waals surface area contributed by atoms with Gasteiger partial charge in [-0.05, 0) is 37.8 Å². The van der Waals surface area contributed by atoms with Gasteiger partial charge in [-0.3, -0.25) is 4.98 Å². The molecule has 25 heavy (non-hydrogen) atoms. The zero-order valence-corrected chi connectivity index (χ0v) is 14.7. The zero-order chi connectivity index (χ0) is 17.1. The van der Waals surface area contributed by atoms with Gasteiger partial charge in [-0.15, -0.1) is 0 Å². The molecule has 0 bridgehead atoms. The molecule has 1 aromatic rings. The molecule has 3 saturated heterocycles. The fraction of sp³-hybridized carbons (Fsp3) is 0.684. The lowest BCUT2D eigenvalue weighted by Gasteiger charge is -2.44. The Morgan fingerprint density at radius 3 is 2.96 bits per heavy atom. The maximum Gasteiger partial charge on any atom is 0.320 e. The van der Waals surface area contributed by atoms with Gasteiger partial charge in [-0.2, -0.15) is 0 Å². The first-order valence-electron chi connectivity index (χ1n) is 9.40. The molecule has 0 unspecified atom stereocenters. The van der Waals surface area contributed by atoms with E-state index in [0.717, 1.165) is 64.2 Å². The Morgan fingerprint density at radius 1 is 1.28 bits per heavy atom. The molecule has 2 atom stereocenters. The average molecular weight is 345 g/mol. The lowest BCUT2D eigenvalue weighted by atomic mass is 9.77. The molecular formula is C19H27N3O3. The number of fused-ring (bicyclic) bond motifs is 1. The second-order valence-electron chi connectivity index (χ2n) is 7.47. The van der Waals surface area contributed by atoms with Crippen LogP contribution >= 0.6 is 0 Å². The van der Waals surface area contributed by atoms with Gasteiger partial charge in [0.15, 0.2) is 0 Å². The quantitative estimate of drug-likeness (QED) is 0.840. The highest BCUT2D eigenvalue weighted by Crippen LogP contribution is 2.41. The van der Waals surface area contributed by atoms with Crippen molar-refractivity contribution in [3.8, 4) is 0 Å². The predicted molar refractivity (Wildman–Crippen MR) is 93.1 cm³/mol. The first-order valence-corrected chi connectivity index (χ1v) is 9.40. The van der Waals surface area contributed by atoms with Crippen LogP contribution in [0.3, 0.4) is 0 Å². The first kappa shape index (κ1) is 16.8.